The van der Waals surface area contributed by atoms with Crippen LogP contribution in [0.25, 0.3) is 0 Å². The van der Waals surface area contributed by atoms with Crippen LogP contribution in [-0.2, 0) is 6.42 Å². The fraction of sp³-hybridized carbons (Fsp3) is 0.529. The molecular weight excluding hydrogens is 204 g/mol. The van der Waals surface area contributed by atoms with Gasteiger partial charge in [-0.05, 0) is 47.6 Å². The van der Waals surface area contributed by atoms with Crippen molar-refractivity contribution in [2.45, 2.75) is 46.0 Å². The van der Waals surface area contributed by atoms with Gasteiger partial charge in [0, 0.05) is 0 Å². The highest BCUT2D eigenvalue weighted by Gasteiger charge is 2.47. The van der Waals surface area contributed by atoms with Crippen molar-refractivity contribution in [1.29, 1.82) is 0 Å². The second-order valence-electron chi connectivity index (χ2n) is 6.03. The molecule has 0 aliphatic heterocycles. The Bertz CT molecular complexity index is 383. The average molecular weight is 228 g/mol. The van der Waals surface area contributed by atoms with Crippen molar-refractivity contribution in [3.63, 3.8) is 0 Å². The Morgan fingerprint density at radius 2 is 1.94 bits per heavy atom. The molecule has 1 aliphatic carbocycles. The lowest BCUT2D eigenvalue weighted by atomic mass is 9.82. The van der Waals surface area contributed by atoms with Crippen LogP contribution in [0.5, 0.6) is 0 Å². The van der Waals surface area contributed by atoms with Crippen molar-refractivity contribution >= 4 is 0 Å². The molecule has 1 saturated carbocycles. The first-order valence-electron chi connectivity index (χ1n) is 6.78. The molecule has 0 spiro atoms. The summed E-state index contributed by atoms with van der Waals surface area (Å²) in [6.07, 6.45) is 5.68. The SMILES string of the molecule is C=CCC(C)(C)C1CC1c1ccc(CC)cc1. The van der Waals surface area contributed by atoms with Crippen LogP contribution in [0.1, 0.15) is 50.7 Å². The van der Waals surface area contributed by atoms with Gasteiger partial charge in [0.1, 0.15) is 0 Å². The summed E-state index contributed by atoms with van der Waals surface area (Å²) in [5.74, 6) is 1.63. The number of rotatable bonds is 5. The van der Waals surface area contributed by atoms with E-state index < -0.39 is 0 Å². The molecule has 1 aromatic carbocycles. The Kier molecular flexibility index (Phi) is 3.42. The summed E-state index contributed by atoms with van der Waals surface area (Å²) in [6, 6.07) is 9.22. The second kappa shape index (κ2) is 4.68. The van der Waals surface area contributed by atoms with Crippen molar-refractivity contribution in [1.82, 2.24) is 0 Å². The van der Waals surface area contributed by atoms with E-state index in [4.69, 9.17) is 0 Å². The molecule has 0 N–H and O–H groups in total. The minimum Gasteiger partial charge on any atom is -0.103 e. The Labute approximate surface area is 106 Å². The Morgan fingerprint density at radius 1 is 1.29 bits per heavy atom. The molecule has 0 amide bonds. The molecule has 0 aromatic heterocycles. The number of benzene rings is 1. The van der Waals surface area contributed by atoms with E-state index in [1.54, 1.807) is 0 Å². The highest BCUT2D eigenvalue weighted by molar-refractivity contribution is 5.30. The molecular formula is C17H24. The highest BCUT2D eigenvalue weighted by Crippen LogP contribution is 2.58. The van der Waals surface area contributed by atoms with Gasteiger partial charge in [-0.3, -0.25) is 0 Å². The van der Waals surface area contributed by atoms with E-state index in [1.165, 1.54) is 17.5 Å². The number of hydrogen-bond acceptors (Lipinski definition) is 0. The molecule has 17 heavy (non-hydrogen) atoms. The van der Waals surface area contributed by atoms with Gasteiger partial charge in [-0.15, -0.1) is 6.58 Å². The number of hydrogen-bond donors (Lipinski definition) is 0. The quantitative estimate of drug-likeness (QED) is 0.625. The molecule has 0 heterocycles. The maximum absolute atomic E-state index is 3.88. The normalized spacial score (nSPS) is 23.5. The third-order valence-electron chi connectivity index (χ3n) is 4.28. The van der Waals surface area contributed by atoms with Gasteiger partial charge in [0.2, 0.25) is 0 Å². The van der Waals surface area contributed by atoms with Crippen LogP contribution >= 0.6 is 0 Å². The van der Waals surface area contributed by atoms with E-state index in [-0.39, 0.29) is 0 Å². The summed E-state index contributed by atoms with van der Waals surface area (Å²) in [5.41, 5.74) is 3.39. The molecule has 0 radical (unpaired) electrons. The second-order valence-corrected chi connectivity index (χ2v) is 6.03. The molecule has 2 unspecified atom stereocenters. The zero-order valence-electron chi connectivity index (χ0n) is 11.4. The van der Waals surface area contributed by atoms with Crippen molar-refractivity contribution in [2.24, 2.45) is 11.3 Å². The molecule has 1 aromatic rings. The van der Waals surface area contributed by atoms with Crippen LogP contribution in [0.15, 0.2) is 36.9 Å². The predicted molar refractivity (Wildman–Crippen MR) is 75.3 cm³/mol. The van der Waals surface area contributed by atoms with Crippen LogP contribution in [-0.4, -0.2) is 0 Å². The molecule has 1 fully saturated rings. The summed E-state index contributed by atoms with van der Waals surface area (Å²) in [5, 5.41) is 0. The topological polar surface area (TPSA) is 0 Å². The predicted octanol–water partition coefficient (Wildman–Crippen LogP) is 4.95. The van der Waals surface area contributed by atoms with Gasteiger partial charge in [0.25, 0.3) is 0 Å². The van der Waals surface area contributed by atoms with E-state index in [9.17, 15) is 0 Å². The lowest BCUT2D eigenvalue weighted by Crippen LogP contribution is -2.13. The third-order valence-corrected chi connectivity index (χ3v) is 4.28. The smallest absolute Gasteiger partial charge is 0.0125 e. The van der Waals surface area contributed by atoms with Gasteiger partial charge in [0.05, 0.1) is 0 Å². The van der Waals surface area contributed by atoms with Crippen molar-refractivity contribution in [3.05, 3.63) is 48.0 Å². The lowest BCUT2D eigenvalue weighted by molar-refractivity contribution is 0.307. The molecule has 0 bridgehead atoms. The lowest BCUT2D eigenvalue weighted by Gasteiger charge is -2.23. The van der Waals surface area contributed by atoms with Crippen molar-refractivity contribution in [3.8, 4) is 0 Å². The first kappa shape index (κ1) is 12.4. The molecule has 92 valence electrons. The van der Waals surface area contributed by atoms with Crippen LogP contribution in [0.3, 0.4) is 0 Å². The maximum Gasteiger partial charge on any atom is -0.0125 e. The zero-order valence-corrected chi connectivity index (χ0v) is 11.4. The van der Waals surface area contributed by atoms with E-state index in [2.05, 4.69) is 57.7 Å². The van der Waals surface area contributed by atoms with E-state index >= 15 is 0 Å². The monoisotopic (exact) mass is 228 g/mol. The summed E-state index contributed by atoms with van der Waals surface area (Å²) < 4.78 is 0. The Balaban J connectivity index is 2.04. The first-order valence-corrected chi connectivity index (χ1v) is 6.78. The van der Waals surface area contributed by atoms with Gasteiger partial charge in [-0.2, -0.15) is 0 Å². The summed E-state index contributed by atoms with van der Waals surface area (Å²) in [7, 11) is 0. The van der Waals surface area contributed by atoms with Crippen LogP contribution in [0, 0.1) is 11.3 Å². The summed E-state index contributed by atoms with van der Waals surface area (Å²) >= 11 is 0. The van der Waals surface area contributed by atoms with Crippen LogP contribution in [0.4, 0.5) is 0 Å². The van der Waals surface area contributed by atoms with Crippen molar-refractivity contribution < 1.29 is 0 Å². The average Bonchev–Trinajstić information content (AvgIpc) is 3.10. The molecule has 0 heteroatoms. The fourth-order valence-corrected chi connectivity index (χ4v) is 2.95. The first-order chi connectivity index (χ1) is 8.08. The summed E-state index contributed by atoms with van der Waals surface area (Å²) in [4.78, 5) is 0. The maximum atomic E-state index is 3.88. The zero-order chi connectivity index (χ0) is 12.5. The largest absolute Gasteiger partial charge is 0.103 e. The van der Waals surface area contributed by atoms with Crippen LogP contribution in [0.2, 0.25) is 0 Å². The molecule has 1 aliphatic rings. The minimum atomic E-state index is 0.413. The van der Waals surface area contributed by atoms with Gasteiger partial charge in [0.15, 0.2) is 0 Å². The van der Waals surface area contributed by atoms with Crippen molar-refractivity contribution in [2.75, 3.05) is 0 Å². The van der Waals surface area contributed by atoms with E-state index in [0.29, 0.717) is 5.41 Å². The fourth-order valence-electron chi connectivity index (χ4n) is 2.95. The van der Waals surface area contributed by atoms with Gasteiger partial charge >= 0.3 is 0 Å². The molecule has 0 nitrogen and oxygen atoms in total. The van der Waals surface area contributed by atoms with E-state index in [0.717, 1.165) is 24.7 Å². The number of allylic oxidation sites excluding steroid dienone is 1. The third kappa shape index (κ3) is 2.62. The Hall–Kier alpha value is -1.04. The standard InChI is InChI=1S/C17H24/c1-5-11-17(3,4)16-12-15(16)14-9-7-13(6-2)8-10-14/h5,7-10,15-16H,1,6,11-12H2,2-4H3. The minimum absolute atomic E-state index is 0.413. The van der Waals surface area contributed by atoms with E-state index in [1.807, 2.05) is 0 Å². The van der Waals surface area contributed by atoms with Crippen LogP contribution < -0.4 is 0 Å². The van der Waals surface area contributed by atoms with Gasteiger partial charge in [-0.25, -0.2) is 0 Å². The number of aryl methyl sites for hydroxylation is 1. The molecule has 2 rings (SSSR count). The highest BCUT2D eigenvalue weighted by atomic mass is 14.5. The van der Waals surface area contributed by atoms with Gasteiger partial charge < -0.3 is 0 Å². The molecule has 2 atom stereocenters. The summed E-state index contributed by atoms with van der Waals surface area (Å²) in [6.45, 7) is 10.8. The Morgan fingerprint density at radius 3 is 2.47 bits per heavy atom. The molecule has 0 saturated heterocycles. The van der Waals surface area contributed by atoms with Gasteiger partial charge in [-0.1, -0.05) is 51.1 Å².